The van der Waals surface area contributed by atoms with Crippen molar-refractivity contribution in [1.82, 2.24) is 25.3 Å². The minimum Gasteiger partial charge on any atom is -0.350 e. The second-order valence-corrected chi connectivity index (χ2v) is 7.46. The third-order valence-electron chi connectivity index (χ3n) is 4.38. The fourth-order valence-corrected chi connectivity index (χ4v) is 3.42. The first kappa shape index (κ1) is 19.4. The lowest BCUT2D eigenvalue weighted by molar-refractivity contribution is 0.0947. The fraction of sp³-hybridized carbons (Fsp3) is 0.444. The van der Waals surface area contributed by atoms with Gasteiger partial charge in [0.05, 0.1) is 0 Å². The molecular formula is C18H24N6O2S. The number of likely N-dealkylation sites (N-methyl/N-ethyl adjacent to an activating group) is 1. The molecule has 0 aliphatic carbocycles. The van der Waals surface area contributed by atoms with Gasteiger partial charge in [0.15, 0.2) is 0 Å². The van der Waals surface area contributed by atoms with Crippen LogP contribution in [0.1, 0.15) is 26.0 Å². The van der Waals surface area contributed by atoms with Crippen molar-refractivity contribution in [2.75, 3.05) is 51.6 Å². The average Bonchev–Trinajstić information content (AvgIpc) is 3.18. The Hall–Kier alpha value is -2.36. The SMILES string of the molecule is CN1CCN(CCCNC(=O)c2nnc(C(=O)Nc3ccccc3)s2)CC1. The van der Waals surface area contributed by atoms with Gasteiger partial charge in [0.25, 0.3) is 11.8 Å². The van der Waals surface area contributed by atoms with E-state index >= 15 is 0 Å². The monoisotopic (exact) mass is 388 g/mol. The molecule has 2 heterocycles. The highest BCUT2D eigenvalue weighted by molar-refractivity contribution is 7.15. The highest BCUT2D eigenvalue weighted by atomic mass is 32.1. The summed E-state index contributed by atoms with van der Waals surface area (Å²) in [5.74, 6) is -0.655. The molecule has 1 saturated heterocycles. The van der Waals surface area contributed by atoms with Crippen LogP contribution in [-0.4, -0.2) is 78.1 Å². The maximum atomic E-state index is 12.2. The number of nitrogens with zero attached hydrogens (tertiary/aromatic N) is 4. The molecule has 1 aromatic heterocycles. The predicted molar refractivity (Wildman–Crippen MR) is 105 cm³/mol. The Labute approximate surface area is 162 Å². The van der Waals surface area contributed by atoms with E-state index in [1.807, 2.05) is 18.2 Å². The maximum Gasteiger partial charge on any atom is 0.286 e. The van der Waals surface area contributed by atoms with Gasteiger partial charge in [0.2, 0.25) is 10.0 Å². The van der Waals surface area contributed by atoms with Crippen LogP contribution < -0.4 is 10.6 Å². The highest BCUT2D eigenvalue weighted by Crippen LogP contribution is 2.13. The van der Waals surface area contributed by atoms with E-state index in [4.69, 9.17) is 0 Å². The lowest BCUT2D eigenvalue weighted by Crippen LogP contribution is -2.45. The smallest absolute Gasteiger partial charge is 0.286 e. The van der Waals surface area contributed by atoms with Gasteiger partial charge in [-0.25, -0.2) is 0 Å². The van der Waals surface area contributed by atoms with E-state index in [0.717, 1.165) is 50.5 Å². The Morgan fingerprint density at radius 1 is 1.04 bits per heavy atom. The standard InChI is InChI=1S/C18H24N6O2S/c1-23-10-12-24(13-11-23)9-5-8-19-15(25)17-21-22-18(27-17)16(26)20-14-6-3-2-4-7-14/h2-4,6-7H,5,8-13H2,1H3,(H,19,25)(H,20,26). The molecule has 3 rings (SSSR count). The van der Waals surface area contributed by atoms with Crippen LogP contribution in [-0.2, 0) is 0 Å². The first-order valence-corrected chi connectivity index (χ1v) is 9.82. The van der Waals surface area contributed by atoms with Gasteiger partial charge >= 0.3 is 0 Å². The van der Waals surface area contributed by atoms with E-state index in [1.54, 1.807) is 12.1 Å². The Bertz CT molecular complexity index is 758. The van der Waals surface area contributed by atoms with Crippen molar-refractivity contribution in [2.24, 2.45) is 0 Å². The molecule has 0 bridgehead atoms. The van der Waals surface area contributed by atoms with Gasteiger partial charge in [-0.15, -0.1) is 10.2 Å². The van der Waals surface area contributed by atoms with Crippen molar-refractivity contribution in [3.63, 3.8) is 0 Å². The van der Waals surface area contributed by atoms with Crippen LogP contribution in [0.15, 0.2) is 30.3 Å². The van der Waals surface area contributed by atoms with Crippen LogP contribution in [0, 0.1) is 0 Å². The summed E-state index contributed by atoms with van der Waals surface area (Å²) in [6.07, 6.45) is 0.885. The van der Waals surface area contributed by atoms with Gasteiger partial charge in [-0.3, -0.25) is 9.59 Å². The lowest BCUT2D eigenvalue weighted by atomic mass is 10.3. The van der Waals surface area contributed by atoms with E-state index in [-0.39, 0.29) is 21.8 Å². The zero-order chi connectivity index (χ0) is 19.1. The molecule has 9 heteroatoms. The number of rotatable bonds is 7. The number of benzene rings is 1. The molecule has 0 unspecified atom stereocenters. The summed E-state index contributed by atoms with van der Waals surface area (Å²) in [4.78, 5) is 29.1. The highest BCUT2D eigenvalue weighted by Gasteiger charge is 2.18. The number of hydrogen-bond donors (Lipinski definition) is 2. The molecule has 2 N–H and O–H groups in total. The van der Waals surface area contributed by atoms with Gasteiger partial charge in [0.1, 0.15) is 0 Å². The second kappa shape index (κ2) is 9.54. The van der Waals surface area contributed by atoms with Crippen LogP contribution in [0.5, 0.6) is 0 Å². The summed E-state index contributed by atoms with van der Waals surface area (Å²) < 4.78 is 0. The zero-order valence-electron chi connectivity index (χ0n) is 15.4. The summed E-state index contributed by atoms with van der Waals surface area (Å²) in [5.41, 5.74) is 0.674. The fourth-order valence-electron chi connectivity index (χ4n) is 2.76. The van der Waals surface area contributed by atoms with Crippen LogP contribution >= 0.6 is 11.3 Å². The molecular weight excluding hydrogens is 364 g/mol. The molecule has 2 amide bonds. The molecule has 0 atom stereocenters. The number of hydrogen-bond acceptors (Lipinski definition) is 7. The van der Waals surface area contributed by atoms with Gasteiger partial charge in [-0.05, 0) is 32.1 Å². The van der Waals surface area contributed by atoms with Gasteiger partial charge in [-0.2, -0.15) is 0 Å². The zero-order valence-corrected chi connectivity index (χ0v) is 16.2. The number of carbonyl (C=O) groups is 2. The van der Waals surface area contributed by atoms with Crippen LogP contribution in [0.25, 0.3) is 0 Å². The van der Waals surface area contributed by atoms with Crippen LogP contribution in [0.4, 0.5) is 5.69 Å². The number of nitrogens with one attached hydrogen (secondary N) is 2. The average molecular weight is 388 g/mol. The first-order chi connectivity index (χ1) is 13.1. The Morgan fingerprint density at radius 2 is 1.70 bits per heavy atom. The molecule has 0 radical (unpaired) electrons. The number of amides is 2. The van der Waals surface area contributed by atoms with Gasteiger partial charge in [-0.1, -0.05) is 29.5 Å². The predicted octanol–water partition coefficient (Wildman–Crippen LogP) is 1.16. The molecule has 2 aromatic rings. The van der Waals surface area contributed by atoms with E-state index in [0.29, 0.717) is 12.2 Å². The van der Waals surface area contributed by atoms with Crippen molar-refractivity contribution >= 4 is 28.8 Å². The van der Waals surface area contributed by atoms with Crippen LogP contribution in [0.2, 0.25) is 0 Å². The molecule has 1 fully saturated rings. The van der Waals surface area contributed by atoms with Crippen molar-refractivity contribution in [3.8, 4) is 0 Å². The molecule has 0 spiro atoms. The molecule has 1 aromatic carbocycles. The van der Waals surface area contributed by atoms with E-state index in [1.165, 1.54) is 0 Å². The number of anilines is 1. The number of aromatic nitrogens is 2. The summed E-state index contributed by atoms with van der Waals surface area (Å²) in [6, 6.07) is 9.10. The summed E-state index contributed by atoms with van der Waals surface area (Å²) >= 11 is 0.992. The molecule has 1 aliphatic heterocycles. The third-order valence-corrected chi connectivity index (χ3v) is 5.30. The number of piperazine rings is 1. The Kier molecular flexibility index (Phi) is 6.86. The number of para-hydroxylation sites is 1. The van der Waals surface area contributed by atoms with Crippen molar-refractivity contribution in [2.45, 2.75) is 6.42 Å². The van der Waals surface area contributed by atoms with E-state index < -0.39 is 0 Å². The number of carbonyl (C=O) groups excluding carboxylic acids is 2. The molecule has 27 heavy (non-hydrogen) atoms. The third kappa shape index (κ3) is 5.81. The summed E-state index contributed by atoms with van der Waals surface area (Å²) in [7, 11) is 2.13. The first-order valence-electron chi connectivity index (χ1n) is 9.01. The summed E-state index contributed by atoms with van der Waals surface area (Å²) in [6.45, 7) is 5.86. The Morgan fingerprint density at radius 3 is 2.41 bits per heavy atom. The van der Waals surface area contributed by atoms with E-state index in [2.05, 4.69) is 37.7 Å². The van der Waals surface area contributed by atoms with E-state index in [9.17, 15) is 9.59 Å². The lowest BCUT2D eigenvalue weighted by Gasteiger charge is -2.32. The normalized spacial score (nSPS) is 15.4. The molecule has 0 saturated carbocycles. The largest absolute Gasteiger partial charge is 0.350 e. The van der Waals surface area contributed by atoms with Gasteiger partial charge < -0.3 is 20.4 Å². The molecule has 8 nitrogen and oxygen atoms in total. The maximum absolute atomic E-state index is 12.2. The second-order valence-electron chi connectivity index (χ2n) is 6.49. The van der Waals surface area contributed by atoms with Crippen molar-refractivity contribution in [3.05, 3.63) is 40.3 Å². The topological polar surface area (TPSA) is 90.5 Å². The summed E-state index contributed by atoms with van der Waals surface area (Å²) in [5, 5.41) is 13.6. The minimum absolute atomic E-state index is 0.168. The van der Waals surface area contributed by atoms with Crippen molar-refractivity contribution < 1.29 is 9.59 Å². The van der Waals surface area contributed by atoms with Crippen molar-refractivity contribution in [1.29, 1.82) is 0 Å². The molecule has 1 aliphatic rings. The minimum atomic E-state index is -0.368. The Balaban J connectivity index is 1.41. The molecule has 144 valence electrons. The van der Waals surface area contributed by atoms with Gasteiger partial charge in [0, 0.05) is 38.4 Å². The van der Waals surface area contributed by atoms with Crippen LogP contribution in [0.3, 0.4) is 0 Å². The quantitative estimate of drug-likeness (QED) is 0.692.